The van der Waals surface area contributed by atoms with Crippen molar-refractivity contribution in [3.63, 3.8) is 0 Å². The van der Waals surface area contributed by atoms with Gasteiger partial charge < -0.3 is 16.4 Å². The molecule has 0 aliphatic heterocycles. The van der Waals surface area contributed by atoms with Gasteiger partial charge in [0.1, 0.15) is 0 Å². The second-order valence-corrected chi connectivity index (χ2v) is 4.37. The van der Waals surface area contributed by atoms with Crippen molar-refractivity contribution in [1.82, 2.24) is 5.32 Å². The van der Waals surface area contributed by atoms with Crippen molar-refractivity contribution in [3.05, 3.63) is 23.2 Å². The van der Waals surface area contributed by atoms with Crippen LogP contribution in [0.4, 0.5) is 16.2 Å². The van der Waals surface area contributed by atoms with Gasteiger partial charge in [0.2, 0.25) is 0 Å². The molecular weight excluding hydrogens is 226 g/mol. The SMILES string of the molecule is Nc1ccc(NC(=O)NC2CCC2)c(Cl)c1. The zero-order valence-electron chi connectivity index (χ0n) is 8.79. The molecule has 16 heavy (non-hydrogen) atoms. The lowest BCUT2D eigenvalue weighted by molar-refractivity contribution is 0.240. The van der Waals surface area contributed by atoms with E-state index in [9.17, 15) is 4.79 Å². The van der Waals surface area contributed by atoms with E-state index >= 15 is 0 Å². The van der Waals surface area contributed by atoms with Crippen molar-refractivity contribution in [3.8, 4) is 0 Å². The predicted molar refractivity (Wildman–Crippen MR) is 65.7 cm³/mol. The van der Waals surface area contributed by atoms with Crippen LogP contribution in [0.1, 0.15) is 19.3 Å². The van der Waals surface area contributed by atoms with E-state index in [2.05, 4.69) is 10.6 Å². The van der Waals surface area contributed by atoms with Gasteiger partial charge >= 0.3 is 6.03 Å². The number of rotatable bonds is 2. The molecule has 0 aromatic heterocycles. The third-order valence-corrected chi connectivity index (χ3v) is 2.99. The maximum absolute atomic E-state index is 11.5. The van der Waals surface area contributed by atoms with Crippen LogP contribution in [0, 0.1) is 0 Å². The van der Waals surface area contributed by atoms with Gasteiger partial charge in [0.05, 0.1) is 10.7 Å². The lowest BCUT2D eigenvalue weighted by Crippen LogP contribution is -2.41. The Balaban J connectivity index is 1.94. The van der Waals surface area contributed by atoms with Gasteiger partial charge in [-0.3, -0.25) is 0 Å². The maximum atomic E-state index is 11.5. The van der Waals surface area contributed by atoms with E-state index < -0.39 is 0 Å². The van der Waals surface area contributed by atoms with Crippen molar-refractivity contribution in [2.75, 3.05) is 11.1 Å². The molecule has 4 N–H and O–H groups in total. The Bertz CT molecular complexity index is 404. The molecule has 0 atom stereocenters. The van der Waals surface area contributed by atoms with E-state index in [0.29, 0.717) is 22.4 Å². The minimum absolute atomic E-state index is 0.212. The molecule has 1 fully saturated rings. The van der Waals surface area contributed by atoms with Crippen LogP contribution in [0.25, 0.3) is 0 Å². The number of nitrogens with two attached hydrogens (primary N) is 1. The molecule has 0 bridgehead atoms. The van der Waals surface area contributed by atoms with E-state index in [4.69, 9.17) is 17.3 Å². The summed E-state index contributed by atoms with van der Waals surface area (Å²) in [5.74, 6) is 0. The first-order chi connectivity index (χ1) is 7.65. The van der Waals surface area contributed by atoms with E-state index in [1.54, 1.807) is 18.2 Å². The molecule has 0 heterocycles. The molecule has 5 heteroatoms. The maximum Gasteiger partial charge on any atom is 0.319 e. The average Bonchev–Trinajstić information content (AvgIpc) is 2.16. The summed E-state index contributed by atoms with van der Waals surface area (Å²) in [4.78, 5) is 11.5. The zero-order valence-corrected chi connectivity index (χ0v) is 9.55. The Morgan fingerprint density at radius 1 is 1.44 bits per heavy atom. The van der Waals surface area contributed by atoms with Gasteiger partial charge in [0.15, 0.2) is 0 Å². The molecule has 2 amide bonds. The lowest BCUT2D eigenvalue weighted by Gasteiger charge is -2.26. The standard InChI is InChI=1S/C11H14ClN3O/c12-9-6-7(13)4-5-10(9)15-11(16)14-8-2-1-3-8/h4-6,8H,1-3,13H2,(H2,14,15,16). The van der Waals surface area contributed by atoms with Gasteiger partial charge in [-0.05, 0) is 37.5 Å². The van der Waals surface area contributed by atoms with Crippen LogP contribution in [0.5, 0.6) is 0 Å². The summed E-state index contributed by atoms with van der Waals surface area (Å²) >= 11 is 5.94. The Labute approximate surface area is 99.2 Å². The molecule has 1 aliphatic rings. The summed E-state index contributed by atoms with van der Waals surface area (Å²) < 4.78 is 0. The second-order valence-electron chi connectivity index (χ2n) is 3.97. The number of amides is 2. The lowest BCUT2D eigenvalue weighted by atomic mass is 9.93. The number of nitrogens with one attached hydrogen (secondary N) is 2. The molecule has 1 aromatic rings. The van der Waals surface area contributed by atoms with Crippen molar-refractivity contribution >= 4 is 29.0 Å². The molecule has 2 rings (SSSR count). The first kappa shape index (κ1) is 11.1. The molecule has 0 unspecified atom stereocenters. The van der Waals surface area contributed by atoms with Gasteiger partial charge in [0, 0.05) is 11.7 Å². The molecule has 1 aliphatic carbocycles. The predicted octanol–water partition coefficient (Wildman–Crippen LogP) is 2.60. The molecule has 0 saturated heterocycles. The van der Waals surface area contributed by atoms with Gasteiger partial charge in [-0.1, -0.05) is 11.6 Å². The van der Waals surface area contributed by atoms with E-state index in [0.717, 1.165) is 12.8 Å². The highest BCUT2D eigenvalue weighted by atomic mass is 35.5. The summed E-state index contributed by atoms with van der Waals surface area (Å²) in [6.45, 7) is 0. The smallest absolute Gasteiger partial charge is 0.319 e. The summed E-state index contributed by atoms with van der Waals surface area (Å²) in [5, 5.41) is 6.01. The zero-order chi connectivity index (χ0) is 11.5. The number of carbonyl (C=O) groups is 1. The largest absolute Gasteiger partial charge is 0.399 e. The van der Waals surface area contributed by atoms with Crippen molar-refractivity contribution < 1.29 is 4.79 Å². The topological polar surface area (TPSA) is 67.1 Å². The van der Waals surface area contributed by atoms with Gasteiger partial charge in [0.25, 0.3) is 0 Å². The normalized spacial score (nSPS) is 15.3. The van der Waals surface area contributed by atoms with Crippen LogP contribution < -0.4 is 16.4 Å². The number of anilines is 2. The highest BCUT2D eigenvalue weighted by Crippen LogP contribution is 2.24. The summed E-state index contributed by atoms with van der Waals surface area (Å²) in [6, 6.07) is 5.10. The minimum Gasteiger partial charge on any atom is -0.399 e. The molecular formula is C11H14ClN3O. The molecule has 0 spiro atoms. The molecule has 0 radical (unpaired) electrons. The highest BCUT2D eigenvalue weighted by molar-refractivity contribution is 6.34. The van der Waals surface area contributed by atoms with Gasteiger partial charge in [-0.2, -0.15) is 0 Å². The van der Waals surface area contributed by atoms with Crippen LogP contribution in [0.2, 0.25) is 5.02 Å². The van der Waals surface area contributed by atoms with Gasteiger partial charge in [-0.15, -0.1) is 0 Å². The summed E-state index contributed by atoms with van der Waals surface area (Å²) in [6.07, 6.45) is 3.30. The number of hydrogen-bond donors (Lipinski definition) is 3. The first-order valence-corrected chi connectivity index (χ1v) is 5.65. The first-order valence-electron chi connectivity index (χ1n) is 5.27. The molecule has 1 aromatic carbocycles. The third-order valence-electron chi connectivity index (χ3n) is 2.68. The fraction of sp³-hybridized carbons (Fsp3) is 0.364. The second kappa shape index (κ2) is 4.61. The van der Waals surface area contributed by atoms with Crippen LogP contribution >= 0.6 is 11.6 Å². The van der Waals surface area contributed by atoms with E-state index in [1.165, 1.54) is 6.42 Å². The average molecular weight is 240 g/mol. The van der Waals surface area contributed by atoms with Crippen LogP contribution in [-0.2, 0) is 0 Å². The van der Waals surface area contributed by atoms with Crippen LogP contribution in [0.3, 0.4) is 0 Å². The number of urea groups is 1. The van der Waals surface area contributed by atoms with E-state index in [1.807, 2.05) is 0 Å². The van der Waals surface area contributed by atoms with Crippen molar-refractivity contribution in [2.45, 2.75) is 25.3 Å². The van der Waals surface area contributed by atoms with Crippen LogP contribution in [-0.4, -0.2) is 12.1 Å². The number of carbonyl (C=O) groups excluding carboxylic acids is 1. The summed E-state index contributed by atoms with van der Waals surface area (Å²) in [7, 11) is 0. The van der Waals surface area contributed by atoms with Crippen molar-refractivity contribution in [2.24, 2.45) is 0 Å². The Hall–Kier alpha value is -1.42. The van der Waals surface area contributed by atoms with Crippen LogP contribution in [0.15, 0.2) is 18.2 Å². The van der Waals surface area contributed by atoms with Crippen molar-refractivity contribution in [1.29, 1.82) is 0 Å². The summed E-state index contributed by atoms with van der Waals surface area (Å²) in [5.41, 5.74) is 6.71. The third kappa shape index (κ3) is 2.58. The Kier molecular flexibility index (Phi) is 3.19. The fourth-order valence-electron chi connectivity index (χ4n) is 1.53. The quantitative estimate of drug-likeness (QED) is 0.695. The molecule has 1 saturated carbocycles. The highest BCUT2D eigenvalue weighted by Gasteiger charge is 2.19. The Morgan fingerprint density at radius 3 is 2.75 bits per heavy atom. The monoisotopic (exact) mass is 239 g/mol. The van der Waals surface area contributed by atoms with Gasteiger partial charge in [-0.25, -0.2) is 4.79 Å². The number of benzene rings is 1. The fourth-order valence-corrected chi connectivity index (χ4v) is 1.77. The molecule has 86 valence electrons. The number of halogens is 1. The number of hydrogen-bond acceptors (Lipinski definition) is 2. The van der Waals surface area contributed by atoms with E-state index in [-0.39, 0.29) is 6.03 Å². The Morgan fingerprint density at radius 2 is 2.19 bits per heavy atom. The molecule has 4 nitrogen and oxygen atoms in total. The number of nitrogen functional groups attached to an aromatic ring is 1. The minimum atomic E-state index is -0.212.